The maximum absolute atomic E-state index is 9.86. The number of nitriles is 1. The molecule has 2 aromatic rings. The predicted octanol–water partition coefficient (Wildman–Crippen LogP) is 3.01. The average Bonchev–Trinajstić information content (AvgIpc) is 2.83. The van der Waals surface area contributed by atoms with Gasteiger partial charge in [0.2, 0.25) is 0 Å². The second-order valence-electron chi connectivity index (χ2n) is 4.78. The van der Waals surface area contributed by atoms with E-state index < -0.39 is 6.10 Å². The van der Waals surface area contributed by atoms with Gasteiger partial charge in [0.1, 0.15) is 0 Å². The number of rotatable bonds is 4. The number of thiazole rings is 1. The van der Waals surface area contributed by atoms with Crippen LogP contribution in [0.5, 0.6) is 0 Å². The molecule has 0 aliphatic heterocycles. The number of aliphatic hydroxyl groups is 1. The molecule has 1 heterocycles. The van der Waals surface area contributed by atoms with Gasteiger partial charge in [-0.2, -0.15) is 5.26 Å². The fourth-order valence-electron chi connectivity index (χ4n) is 2.11. The minimum absolute atomic E-state index is 0.572. The Morgan fingerprint density at radius 3 is 2.80 bits per heavy atom. The molecular weight excluding hydrogens is 270 g/mol. The number of aryl methyl sites for hydroxylation is 1. The van der Waals surface area contributed by atoms with Crippen LogP contribution in [-0.2, 0) is 6.54 Å². The Bertz CT molecular complexity index is 643. The van der Waals surface area contributed by atoms with Gasteiger partial charge in [0.05, 0.1) is 35.0 Å². The summed E-state index contributed by atoms with van der Waals surface area (Å²) < 4.78 is 0. The van der Waals surface area contributed by atoms with E-state index in [-0.39, 0.29) is 0 Å². The summed E-state index contributed by atoms with van der Waals surface area (Å²) in [5, 5.41) is 22.0. The molecular formula is C15H17N3OS. The molecule has 0 saturated heterocycles. The summed E-state index contributed by atoms with van der Waals surface area (Å²) in [7, 11) is 1.94. The Kier molecular flexibility index (Phi) is 4.38. The first-order chi connectivity index (χ1) is 9.51. The third-order valence-corrected chi connectivity index (χ3v) is 3.91. The first-order valence-electron chi connectivity index (χ1n) is 6.35. The number of nitrogens with zero attached hydrogens (tertiary/aromatic N) is 3. The molecule has 1 atom stereocenters. The van der Waals surface area contributed by atoms with Crippen molar-refractivity contribution in [2.45, 2.75) is 26.5 Å². The van der Waals surface area contributed by atoms with Crippen LogP contribution in [0.3, 0.4) is 0 Å². The van der Waals surface area contributed by atoms with Crippen molar-refractivity contribution >= 4 is 17.0 Å². The summed E-state index contributed by atoms with van der Waals surface area (Å²) in [6.45, 7) is 4.36. The summed E-state index contributed by atoms with van der Waals surface area (Å²) in [5.41, 5.74) is 3.27. The van der Waals surface area contributed by atoms with Crippen molar-refractivity contribution in [2.75, 3.05) is 11.9 Å². The largest absolute Gasteiger partial charge is 0.389 e. The number of hydrogen-bond acceptors (Lipinski definition) is 5. The highest BCUT2D eigenvalue weighted by Crippen LogP contribution is 2.28. The molecule has 1 aromatic carbocycles. The van der Waals surface area contributed by atoms with E-state index >= 15 is 0 Å². The van der Waals surface area contributed by atoms with Gasteiger partial charge in [-0.25, -0.2) is 4.98 Å². The van der Waals surface area contributed by atoms with Crippen molar-refractivity contribution in [2.24, 2.45) is 0 Å². The highest BCUT2D eigenvalue weighted by atomic mass is 32.1. The lowest BCUT2D eigenvalue weighted by Crippen LogP contribution is -2.19. The molecule has 1 aromatic heterocycles. The standard InChI is InChI=1S/C15H17N3OS/c1-10(19)14-5-4-12(7-16)6-15(14)18(3)8-13-9-20-11(2)17-13/h4-6,9-10,19H,8H2,1-3H3/t10-/m0/s1. The molecule has 2 rings (SSSR count). The lowest BCUT2D eigenvalue weighted by atomic mass is 10.0. The maximum Gasteiger partial charge on any atom is 0.0992 e. The number of aromatic nitrogens is 1. The smallest absolute Gasteiger partial charge is 0.0992 e. The number of benzene rings is 1. The minimum Gasteiger partial charge on any atom is -0.389 e. The molecule has 4 nitrogen and oxygen atoms in total. The van der Waals surface area contributed by atoms with Gasteiger partial charge in [0.25, 0.3) is 0 Å². The van der Waals surface area contributed by atoms with E-state index in [0.717, 1.165) is 22.0 Å². The van der Waals surface area contributed by atoms with Gasteiger partial charge in [-0.1, -0.05) is 6.07 Å². The van der Waals surface area contributed by atoms with Gasteiger partial charge < -0.3 is 10.0 Å². The molecule has 1 N–H and O–H groups in total. The Labute approximate surface area is 122 Å². The molecule has 0 radical (unpaired) electrons. The van der Waals surface area contributed by atoms with Crippen molar-refractivity contribution in [3.05, 3.63) is 45.4 Å². The molecule has 5 heteroatoms. The van der Waals surface area contributed by atoms with Crippen LogP contribution in [-0.4, -0.2) is 17.1 Å². The molecule has 0 unspecified atom stereocenters. The zero-order chi connectivity index (χ0) is 14.7. The van der Waals surface area contributed by atoms with Crippen LogP contribution in [0.15, 0.2) is 23.6 Å². The van der Waals surface area contributed by atoms with Crippen LogP contribution < -0.4 is 4.90 Å². The second kappa shape index (κ2) is 6.04. The van der Waals surface area contributed by atoms with Crippen molar-refractivity contribution < 1.29 is 5.11 Å². The van der Waals surface area contributed by atoms with Gasteiger partial charge in [-0.15, -0.1) is 11.3 Å². The van der Waals surface area contributed by atoms with Crippen LogP contribution in [0.1, 0.15) is 34.9 Å². The lowest BCUT2D eigenvalue weighted by molar-refractivity contribution is 0.199. The van der Waals surface area contributed by atoms with Crippen LogP contribution in [0, 0.1) is 18.3 Å². The summed E-state index contributed by atoms with van der Waals surface area (Å²) in [6.07, 6.45) is -0.572. The zero-order valence-electron chi connectivity index (χ0n) is 11.8. The highest BCUT2D eigenvalue weighted by molar-refractivity contribution is 7.09. The Morgan fingerprint density at radius 2 is 2.25 bits per heavy atom. The first kappa shape index (κ1) is 14.5. The average molecular weight is 287 g/mol. The molecule has 0 fully saturated rings. The quantitative estimate of drug-likeness (QED) is 0.939. The maximum atomic E-state index is 9.86. The second-order valence-corrected chi connectivity index (χ2v) is 5.84. The summed E-state index contributed by atoms with van der Waals surface area (Å²) in [5.74, 6) is 0. The Balaban J connectivity index is 2.32. The minimum atomic E-state index is -0.572. The van der Waals surface area contributed by atoms with E-state index in [1.165, 1.54) is 0 Å². The zero-order valence-corrected chi connectivity index (χ0v) is 12.6. The van der Waals surface area contributed by atoms with Crippen molar-refractivity contribution in [3.63, 3.8) is 0 Å². The Hall–Kier alpha value is -1.90. The molecule has 0 amide bonds. The first-order valence-corrected chi connectivity index (χ1v) is 7.23. The summed E-state index contributed by atoms with van der Waals surface area (Å²) in [6, 6.07) is 7.48. The molecule has 20 heavy (non-hydrogen) atoms. The van der Waals surface area contributed by atoms with Gasteiger partial charge in [0.15, 0.2) is 0 Å². The molecule has 0 aliphatic carbocycles. The van der Waals surface area contributed by atoms with Crippen molar-refractivity contribution in [1.82, 2.24) is 4.98 Å². The van der Waals surface area contributed by atoms with E-state index in [1.807, 2.05) is 24.3 Å². The third kappa shape index (κ3) is 3.16. The number of aliphatic hydroxyl groups excluding tert-OH is 1. The van der Waals surface area contributed by atoms with Gasteiger partial charge >= 0.3 is 0 Å². The monoisotopic (exact) mass is 287 g/mol. The van der Waals surface area contributed by atoms with E-state index in [0.29, 0.717) is 12.1 Å². The number of anilines is 1. The number of hydrogen-bond donors (Lipinski definition) is 1. The van der Waals surface area contributed by atoms with E-state index in [4.69, 9.17) is 5.26 Å². The van der Waals surface area contributed by atoms with Crippen molar-refractivity contribution in [3.8, 4) is 6.07 Å². The van der Waals surface area contributed by atoms with Crippen molar-refractivity contribution in [1.29, 1.82) is 5.26 Å². The molecule has 0 spiro atoms. The third-order valence-electron chi connectivity index (χ3n) is 3.09. The van der Waals surface area contributed by atoms with Gasteiger partial charge in [0, 0.05) is 23.7 Å². The lowest BCUT2D eigenvalue weighted by Gasteiger charge is -2.23. The Morgan fingerprint density at radius 1 is 1.50 bits per heavy atom. The van der Waals surface area contributed by atoms with E-state index in [9.17, 15) is 5.11 Å². The van der Waals surface area contributed by atoms with Crippen LogP contribution in [0.4, 0.5) is 5.69 Å². The summed E-state index contributed by atoms with van der Waals surface area (Å²) in [4.78, 5) is 6.45. The highest BCUT2D eigenvalue weighted by Gasteiger charge is 2.14. The van der Waals surface area contributed by atoms with E-state index in [1.54, 1.807) is 36.5 Å². The normalized spacial score (nSPS) is 11.9. The molecule has 0 bridgehead atoms. The fraction of sp³-hybridized carbons (Fsp3) is 0.333. The molecule has 0 aliphatic rings. The van der Waals surface area contributed by atoms with Crippen LogP contribution in [0.2, 0.25) is 0 Å². The predicted molar refractivity (Wildman–Crippen MR) is 80.7 cm³/mol. The SMILES string of the molecule is Cc1nc(CN(C)c2cc(C#N)ccc2[C@H](C)O)cs1. The van der Waals surface area contributed by atoms with Crippen LogP contribution >= 0.6 is 11.3 Å². The van der Waals surface area contributed by atoms with Gasteiger partial charge in [-0.05, 0) is 26.0 Å². The van der Waals surface area contributed by atoms with E-state index in [2.05, 4.69) is 11.1 Å². The molecule has 104 valence electrons. The topological polar surface area (TPSA) is 60.2 Å². The fourth-order valence-corrected chi connectivity index (χ4v) is 2.71. The summed E-state index contributed by atoms with van der Waals surface area (Å²) >= 11 is 1.62. The van der Waals surface area contributed by atoms with Crippen LogP contribution in [0.25, 0.3) is 0 Å². The molecule has 0 saturated carbocycles. The van der Waals surface area contributed by atoms with Gasteiger partial charge in [-0.3, -0.25) is 0 Å².